The molecule has 0 fully saturated rings. The highest BCUT2D eigenvalue weighted by molar-refractivity contribution is 5.81. The summed E-state index contributed by atoms with van der Waals surface area (Å²) in [6.45, 7) is 4.40. The van der Waals surface area contributed by atoms with E-state index >= 15 is 0 Å². The summed E-state index contributed by atoms with van der Waals surface area (Å²) in [5.74, 6) is 0.0302. The van der Waals surface area contributed by atoms with Gasteiger partial charge in [0.1, 0.15) is 0 Å². The number of rotatable bonds is 9. The maximum Gasteiger partial charge on any atom is 0.239 e. The largest absolute Gasteiger partial charge is 0.385 e. The van der Waals surface area contributed by atoms with Crippen molar-refractivity contribution in [3.8, 4) is 0 Å². The third-order valence-corrected chi connectivity index (χ3v) is 3.80. The highest BCUT2D eigenvalue weighted by Gasteiger charge is 2.12. The van der Waals surface area contributed by atoms with E-state index in [0.717, 1.165) is 12.1 Å². The fourth-order valence-corrected chi connectivity index (χ4v) is 2.47. The summed E-state index contributed by atoms with van der Waals surface area (Å²) in [4.78, 5) is 14.4. The van der Waals surface area contributed by atoms with Crippen LogP contribution in [0.25, 0.3) is 0 Å². The van der Waals surface area contributed by atoms with Crippen LogP contribution in [0.1, 0.15) is 17.5 Å². The minimum atomic E-state index is 0.0302. The summed E-state index contributed by atoms with van der Waals surface area (Å²) in [6.07, 6.45) is 0.825. The van der Waals surface area contributed by atoms with Crippen molar-refractivity contribution >= 4 is 11.6 Å². The van der Waals surface area contributed by atoms with E-state index in [-0.39, 0.29) is 5.91 Å². The van der Waals surface area contributed by atoms with E-state index in [2.05, 4.69) is 53.5 Å². The maximum absolute atomic E-state index is 12.3. The zero-order chi connectivity index (χ0) is 17.2. The Balaban J connectivity index is 2.02. The molecule has 2 aromatic rings. The first-order chi connectivity index (χ1) is 11.7. The van der Waals surface area contributed by atoms with Crippen LogP contribution in [0.3, 0.4) is 0 Å². The van der Waals surface area contributed by atoms with Crippen LogP contribution >= 0.6 is 0 Å². The molecule has 0 heterocycles. The topological polar surface area (TPSA) is 41.6 Å². The van der Waals surface area contributed by atoms with Gasteiger partial charge in [-0.3, -0.25) is 4.79 Å². The molecule has 0 bridgehead atoms. The van der Waals surface area contributed by atoms with Crippen molar-refractivity contribution in [3.05, 3.63) is 65.7 Å². The molecule has 0 saturated carbocycles. The lowest BCUT2D eigenvalue weighted by Gasteiger charge is -2.24. The van der Waals surface area contributed by atoms with Gasteiger partial charge < -0.3 is 15.0 Å². The second kappa shape index (κ2) is 9.73. The van der Waals surface area contributed by atoms with Gasteiger partial charge in [0.25, 0.3) is 0 Å². The van der Waals surface area contributed by atoms with Gasteiger partial charge in [-0.2, -0.15) is 0 Å². The second-order valence-corrected chi connectivity index (χ2v) is 5.87. The van der Waals surface area contributed by atoms with E-state index in [0.29, 0.717) is 26.2 Å². The molecule has 0 saturated heterocycles. The first-order valence-corrected chi connectivity index (χ1v) is 8.30. The van der Waals surface area contributed by atoms with Crippen LogP contribution in [0.4, 0.5) is 5.69 Å². The van der Waals surface area contributed by atoms with E-state index in [1.807, 2.05) is 18.2 Å². The summed E-state index contributed by atoms with van der Waals surface area (Å²) < 4.78 is 5.00. The van der Waals surface area contributed by atoms with Crippen molar-refractivity contribution in [1.29, 1.82) is 0 Å². The Kier molecular flexibility index (Phi) is 7.30. The molecule has 0 radical (unpaired) electrons. The SMILES string of the molecule is COCCCNC(=O)CN(Cc1ccccc1)c1ccc(C)cc1. The van der Waals surface area contributed by atoms with Crippen molar-refractivity contribution in [1.82, 2.24) is 5.32 Å². The van der Waals surface area contributed by atoms with Gasteiger partial charge in [0, 0.05) is 32.5 Å². The molecule has 0 aromatic heterocycles. The molecule has 0 aliphatic heterocycles. The number of carbonyl (C=O) groups is 1. The van der Waals surface area contributed by atoms with Crippen LogP contribution in [0.15, 0.2) is 54.6 Å². The number of hydrogen-bond acceptors (Lipinski definition) is 3. The number of ether oxygens (including phenoxy) is 1. The number of amides is 1. The summed E-state index contributed by atoms with van der Waals surface area (Å²) in [7, 11) is 1.67. The van der Waals surface area contributed by atoms with Crippen molar-refractivity contribution < 1.29 is 9.53 Å². The van der Waals surface area contributed by atoms with Gasteiger partial charge >= 0.3 is 0 Å². The van der Waals surface area contributed by atoms with Gasteiger partial charge in [-0.15, -0.1) is 0 Å². The van der Waals surface area contributed by atoms with Crippen LogP contribution in [-0.2, 0) is 16.1 Å². The standard InChI is InChI=1S/C20H26N2O2/c1-17-9-11-19(12-10-17)22(15-18-7-4-3-5-8-18)16-20(23)21-13-6-14-24-2/h3-5,7-12H,6,13-16H2,1-2H3,(H,21,23). The fraction of sp³-hybridized carbons (Fsp3) is 0.350. The maximum atomic E-state index is 12.3. The molecule has 0 atom stereocenters. The number of nitrogens with one attached hydrogen (secondary N) is 1. The van der Waals surface area contributed by atoms with E-state index in [1.165, 1.54) is 11.1 Å². The van der Waals surface area contributed by atoms with Gasteiger partial charge in [-0.25, -0.2) is 0 Å². The Labute approximate surface area is 144 Å². The average molecular weight is 326 g/mol. The predicted octanol–water partition coefficient (Wildman–Crippen LogP) is 3.15. The lowest BCUT2D eigenvalue weighted by Crippen LogP contribution is -2.37. The number of aryl methyl sites for hydroxylation is 1. The van der Waals surface area contributed by atoms with Crippen LogP contribution < -0.4 is 10.2 Å². The fourth-order valence-electron chi connectivity index (χ4n) is 2.47. The van der Waals surface area contributed by atoms with E-state index in [1.54, 1.807) is 7.11 Å². The highest BCUT2D eigenvalue weighted by atomic mass is 16.5. The zero-order valence-corrected chi connectivity index (χ0v) is 14.5. The van der Waals surface area contributed by atoms with Gasteiger partial charge in [-0.05, 0) is 31.0 Å². The summed E-state index contributed by atoms with van der Waals surface area (Å²) >= 11 is 0. The zero-order valence-electron chi connectivity index (χ0n) is 14.5. The molecule has 1 N–H and O–H groups in total. The minimum absolute atomic E-state index is 0.0302. The van der Waals surface area contributed by atoms with Crippen molar-refractivity contribution in [2.24, 2.45) is 0 Å². The molecule has 2 aromatic carbocycles. The van der Waals surface area contributed by atoms with E-state index < -0.39 is 0 Å². The van der Waals surface area contributed by atoms with Gasteiger partial charge in [0.05, 0.1) is 6.54 Å². The molecule has 128 valence electrons. The number of benzene rings is 2. The smallest absolute Gasteiger partial charge is 0.239 e. The minimum Gasteiger partial charge on any atom is -0.385 e. The van der Waals surface area contributed by atoms with Crippen LogP contribution in [0, 0.1) is 6.92 Å². The lowest BCUT2D eigenvalue weighted by atomic mass is 10.1. The number of methoxy groups -OCH3 is 1. The van der Waals surface area contributed by atoms with Crippen LogP contribution in [0.5, 0.6) is 0 Å². The number of hydrogen-bond donors (Lipinski definition) is 1. The Morgan fingerprint density at radius 3 is 2.46 bits per heavy atom. The molecule has 4 heteroatoms. The third-order valence-electron chi connectivity index (χ3n) is 3.80. The van der Waals surface area contributed by atoms with E-state index in [9.17, 15) is 4.79 Å². The number of carbonyl (C=O) groups excluding carboxylic acids is 1. The Morgan fingerprint density at radius 2 is 1.79 bits per heavy atom. The Morgan fingerprint density at radius 1 is 1.08 bits per heavy atom. The first-order valence-electron chi connectivity index (χ1n) is 8.30. The molecule has 1 amide bonds. The molecule has 0 unspecified atom stereocenters. The predicted molar refractivity (Wildman–Crippen MR) is 98.2 cm³/mol. The summed E-state index contributed by atoms with van der Waals surface area (Å²) in [5, 5.41) is 2.95. The number of anilines is 1. The number of nitrogens with zero attached hydrogens (tertiary/aromatic N) is 1. The van der Waals surface area contributed by atoms with Crippen LogP contribution in [0.2, 0.25) is 0 Å². The molecule has 24 heavy (non-hydrogen) atoms. The van der Waals surface area contributed by atoms with Crippen LogP contribution in [-0.4, -0.2) is 32.7 Å². The lowest BCUT2D eigenvalue weighted by molar-refractivity contribution is -0.119. The molecule has 0 aliphatic carbocycles. The monoisotopic (exact) mass is 326 g/mol. The molecule has 0 aliphatic rings. The van der Waals surface area contributed by atoms with Gasteiger partial charge in [-0.1, -0.05) is 48.0 Å². The first kappa shape index (κ1) is 18.0. The molecule has 2 rings (SSSR count). The second-order valence-electron chi connectivity index (χ2n) is 5.87. The quantitative estimate of drug-likeness (QED) is 0.720. The normalized spacial score (nSPS) is 10.4. The molecular formula is C20H26N2O2. The summed E-state index contributed by atoms with van der Waals surface area (Å²) in [6, 6.07) is 18.5. The van der Waals surface area contributed by atoms with Crippen molar-refractivity contribution in [2.45, 2.75) is 19.9 Å². The highest BCUT2D eigenvalue weighted by Crippen LogP contribution is 2.17. The van der Waals surface area contributed by atoms with Gasteiger partial charge in [0.2, 0.25) is 5.91 Å². The Bertz CT molecular complexity index is 611. The molecule has 0 spiro atoms. The van der Waals surface area contributed by atoms with Gasteiger partial charge in [0.15, 0.2) is 0 Å². The molecular weight excluding hydrogens is 300 g/mol. The van der Waals surface area contributed by atoms with Crippen molar-refractivity contribution in [3.63, 3.8) is 0 Å². The Hall–Kier alpha value is -2.33. The third kappa shape index (κ3) is 6.05. The summed E-state index contributed by atoms with van der Waals surface area (Å²) in [5.41, 5.74) is 3.45. The van der Waals surface area contributed by atoms with E-state index in [4.69, 9.17) is 4.74 Å². The van der Waals surface area contributed by atoms with Crippen molar-refractivity contribution in [2.75, 3.05) is 31.7 Å². The molecule has 4 nitrogen and oxygen atoms in total. The average Bonchev–Trinajstić information content (AvgIpc) is 2.60.